The average Bonchev–Trinajstić information content (AvgIpc) is 2.28. The summed E-state index contributed by atoms with van der Waals surface area (Å²) in [7, 11) is 0. The molecule has 1 atom stereocenters. The molecule has 1 aromatic carbocycles. The lowest BCUT2D eigenvalue weighted by Crippen LogP contribution is -2.48. The number of nitro groups is 1. The fourth-order valence-electron chi connectivity index (χ4n) is 2.02. The molecule has 110 valence electrons. The number of carbonyl (C=O) groups excluding carboxylic acids is 1. The van der Waals surface area contributed by atoms with E-state index >= 15 is 0 Å². The molecule has 0 bridgehead atoms. The van der Waals surface area contributed by atoms with Gasteiger partial charge in [0.05, 0.1) is 4.92 Å². The molecule has 1 unspecified atom stereocenters. The van der Waals surface area contributed by atoms with E-state index in [0.29, 0.717) is 17.2 Å². The number of amides is 1. The van der Waals surface area contributed by atoms with Gasteiger partial charge in [-0.05, 0) is 32.0 Å². The summed E-state index contributed by atoms with van der Waals surface area (Å²) < 4.78 is 0. The quantitative estimate of drug-likeness (QED) is 0.659. The van der Waals surface area contributed by atoms with E-state index < -0.39 is 4.92 Å². The molecule has 0 radical (unpaired) electrons. The summed E-state index contributed by atoms with van der Waals surface area (Å²) in [5.41, 5.74) is 1.08. The minimum atomic E-state index is -0.440. The molecule has 6 nitrogen and oxygen atoms in total. The van der Waals surface area contributed by atoms with Gasteiger partial charge in [0.25, 0.3) is 5.69 Å². The van der Waals surface area contributed by atoms with Gasteiger partial charge in [0.1, 0.15) is 0 Å². The fraction of sp³-hybridized carbons (Fsp3) is 0.462. The Morgan fingerprint density at radius 1 is 1.50 bits per heavy atom. The van der Waals surface area contributed by atoms with Crippen molar-refractivity contribution in [2.75, 3.05) is 18.4 Å². The number of rotatable bonds is 4. The molecule has 1 saturated heterocycles. The number of nitrogens with one attached hydrogen (secondary N) is 2. The van der Waals surface area contributed by atoms with Gasteiger partial charge in [-0.25, -0.2) is 0 Å². The second-order valence-corrected chi connectivity index (χ2v) is 4.95. The molecule has 1 aromatic rings. The molecule has 0 spiro atoms. The number of carbonyl (C=O) groups is 1. The zero-order chi connectivity index (χ0) is 14.0. The van der Waals surface area contributed by atoms with E-state index in [0.717, 1.165) is 13.1 Å². The van der Waals surface area contributed by atoms with E-state index in [4.69, 9.17) is 0 Å². The zero-order valence-electron chi connectivity index (χ0n) is 11.4. The first kappa shape index (κ1) is 16.4. The molecule has 2 rings (SSSR count). The van der Waals surface area contributed by atoms with Gasteiger partial charge in [-0.1, -0.05) is 13.0 Å². The van der Waals surface area contributed by atoms with Crippen LogP contribution in [0.15, 0.2) is 18.2 Å². The first-order chi connectivity index (χ1) is 8.99. The molecule has 1 aliphatic rings. The van der Waals surface area contributed by atoms with Crippen LogP contribution < -0.4 is 10.6 Å². The molecule has 1 fully saturated rings. The molecule has 0 saturated carbocycles. The molecule has 1 amide bonds. The first-order valence-electron chi connectivity index (χ1n) is 6.25. The van der Waals surface area contributed by atoms with E-state index in [2.05, 4.69) is 10.6 Å². The van der Waals surface area contributed by atoms with E-state index in [1.165, 1.54) is 6.07 Å². The summed E-state index contributed by atoms with van der Waals surface area (Å²) in [6, 6.07) is 4.73. The van der Waals surface area contributed by atoms with Gasteiger partial charge in [-0.15, -0.1) is 12.4 Å². The summed E-state index contributed by atoms with van der Waals surface area (Å²) in [4.78, 5) is 22.4. The van der Waals surface area contributed by atoms with Crippen LogP contribution in [0, 0.1) is 28.9 Å². The van der Waals surface area contributed by atoms with Crippen molar-refractivity contribution >= 4 is 29.7 Å². The van der Waals surface area contributed by atoms with Crippen LogP contribution in [0.3, 0.4) is 0 Å². The van der Waals surface area contributed by atoms with Gasteiger partial charge >= 0.3 is 0 Å². The number of aryl methyl sites for hydroxylation is 1. The number of hydrogen-bond acceptors (Lipinski definition) is 4. The highest BCUT2D eigenvalue weighted by Gasteiger charge is 2.28. The van der Waals surface area contributed by atoms with Crippen LogP contribution in [0.4, 0.5) is 11.4 Å². The fourth-order valence-corrected chi connectivity index (χ4v) is 2.02. The third-order valence-corrected chi connectivity index (χ3v) is 3.61. The van der Waals surface area contributed by atoms with Crippen LogP contribution >= 0.6 is 12.4 Å². The van der Waals surface area contributed by atoms with Crippen LogP contribution in [-0.2, 0) is 4.79 Å². The lowest BCUT2D eigenvalue weighted by molar-refractivity contribution is -0.385. The van der Waals surface area contributed by atoms with Crippen molar-refractivity contribution in [3.05, 3.63) is 33.9 Å². The van der Waals surface area contributed by atoms with E-state index in [9.17, 15) is 14.9 Å². The topological polar surface area (TPSA) is 84.3 Å². The summed E-state index contributed by atoms with van der Waals surface area (Å²) in [6.45, 7) is 5.25. The van der Waals surface area contributed by atoms with Gasteiger partial charge in [-0.2, -0.15) is 0 Å². The highest BCUT2D eigenvalue weighted by atomic mass is 35.5. The van der Waals surface area contributed by atoms with E-state index in [-0.39, 0.29) is 29.9 Å². The highest BCUT2D eigenvalue weighted by Crippen LogP contribution is 2.24. The van der Waals surface area contributed by atoms with Crippen molar-refractivity contribution in [1.29, 1.82) is 0 Å². The Labute approximate surface area is 123 Å². The Morgan fingerprint density at radius 2 is 2.15 bits per heavy atom. The number of anilines is 1. The van der Waals surface area contributed by atoms with Crippen LogP contribution in [-0.4, -0.2) is 23.9 Å². The summed E-state index contributed by atoms with van der Waals surface area (Å²) in [5.74, 6) is 0.159. The molecular weight excluding hydrogens is 282 g/mol. The Morgan fingerprint density at radius 3 is 2.65 bits per heavy atom. The number of nitro benzene ring substituents is 1. The maximum absolute atomic E-state index is 12.0. The van der Waals surface area contributed by atoms with Crippen molar-refractivity contribution in [2.45, 2.75) is 13.8 Å². The van der Waals surface area contributed by atoms with Crippen LogP contribution in [0.25, 0.3) is 0 Å². The lowest BCUT2D eigenvalue weighted by atomic mass is 9.88. The Bertz CT molecular complexity index is 518. The van der Waals surface area contributed by atoms with Crippen molar-refractivity contribution < 1.29 is 9.72 Å². The van der Waals surface area contributed by atoms with E-state index in [1.54, 1.807) is 19.1 Å². The number of benzene rings is 1. The predicted octanol–water partition coefficient (Wildman–Crippen LogP) is 2.12. The van der Waals surface area contributed by atoms with Crippen molar-refractivity contribution in [2.24, 2.45) is 11.8 Å². The van der Waals surface area contributed by atoms with Gasteiger partial charge in [0, 0.05) is 23.2 Å². The number of hydrogen-bond donors (Lipinski definition) is 2. The Hall–Kier alpha value is -1.66. The van der Waals surface area contributed by atoms with Crippen molar-refractivity contribution in [1.82, 2.24) is 5.32 Å². The normalized spacial score (nSPS) is 15.7. The second-order valence-electron chi connectivity index (χ2n) is 4.95. The molecule has 7 heteroatoms. The molecule has 1 aliphatic heterocycles. The first-order valence-corrected chi connectivity index (χ1v) is 6.25. The lowest BCUT2D eigenvalue weighted by Gasteiger charge is -2.31. The maximum Gasteiger partial charge on any atom is 0.274 e. The van der Waals surface area contributed by atoms with Gasteiger partial charge in [0.2, 0.25) is 5.91 Å². The standard InChI is InChI=1S/C13H17N3O3.ClH/c1-8-3-4-11(5-12(8)16(18)19)15-13(17)9(2)10-6-14-7-10;/h3-5,9-10,14H,6-7H2,1-2H3,(H,15,17);1H. The molecular formula is C13H18ClN3O3. The maximum atomic E-state index is 12.0. The summed E-state index contributed by atoms with van der Waals surface area (Å²) >= 11 is 0. The summed E-state index contributed by atoms with van der Waals surface area (Å²) in [6.07, 6.45) is 0. The van der Waals surface area contributed by atoms with Crippen LogP contribution in [0.2, 0.25) is 0 Å². The molecule has 1 heterocycles. The third-order valence-electron chi connectivity index (χ3n) is 3.61. The molecule has 20 heavy (non-hydrogen) atoms. The van der Waals surface area contributed by atoms with E-state index in [1.807, 2.05) is 6.92 Å². The molecule has 0 aromatic heterocycles. The number of nitrogens with zero attached hydrogens (tertiary/aromatic N) is 1. The number of halogens is 1. The smallest absolute Gasteiger partial charge is 0.274 e. The van der Waals surface area contributed by atoms with Crippen LogP contribution in [0.1, 0.15) is 12.5 Å². The van der Waals surface area contributed by atoms with Crippen molar-refractivity contribution in [3.8, 4) is 0 Å². The third kappa shape index (κ3) is 3.46. The highest BCUT2D eigenvalue weighted by molar-refractivity contribution is 5.93. The Balaban J connectivity index is 0.00000200. The van der Waals surface area contributed by atoms with Crippen LogP contribution in [0.5, 0.6) is 0 Å². The molecule has 2 N–H and O–H groups in total. The zero-order valence-corrected chi connectivity index (χ0v) is 12.2. The monoisotopic (exact) mass is 299 g/mol. The minimum absolute atomic E-state index is 0. The Kier molecular flexibility index (Phi) is 5.47. The average molecular weight is 300 g/mol. The summed E-state index contributed by atoms with van der Waals surface area (Å²) in [5, 5.41) is 16.7. The molecule has 0 aliphatic carbocycles. The second kappa shape index (κ2) is 6.67. The van der Waals surface area contributed by atoms with Crippen molar-refractivity contribution in [3.63, 3.8) is 0 Å². The minimum Gasteiger partial charge on any atom is -0.326 e. The largest absolute Gasteiger partial charge is 0.326 e. The SMILES string of the molecule is Cc1ccc(NC(=O)C(C)C2CNC2)cc1[N+](=O)[O-].Cl. The van der Waals surface area contributed by atoms with Gasteiger partial charge in [-0.3, -0.25) is 14.9 Å². The van der Waals surface area contributed by atoms with Gasteiger partial charge in [0.15, 0.2) is 0 Å². The predicted molar refractivity (Wildman–Crippen MR) is 79.2 cm³/mol. The van der Waals surface area contributed by atoms with Gasteiger partial charge < -0.3 is 10.6 Å².